The lowest BCUT2D eigenvalue weighted by Crippen LogP contribution is -2.27. The van der Waals surface area contributed by atoms with E-state index in [1.165, 1.54) is 205 Å². The van der Waals surface area contributed by atoms with Crippen molar-refractivity contribution in [2.45, 2.75) is 251 Å². The number of unbranched alkanes of at least 4 members (excludes halogenated alkanes) is 32. The van der Waals surface area contributed by atoms with Gasteiger partial charge in [-0.2, -0.15) is 0 Å². The van der Waals surface area contributed by atoms with Gasteiger partial charge in [0, 0.05) is 13.0 Å². The fourth-order valence-electron chi connectivity index (χ4n) is 6.74. The van der Waals surface area contributed by atoms with Crippen LogP contribution >= 0.6 is 0 Å². The van der Waals surface area contributed by atoms with Crippen LogP contribution in [0.15, 0.2) is 12.2 Å². The van der Waals surface area contributed by atoms with Gasteiger partial charge in [0.2, 0.25) is 0 Å². The van der Waals surface area contributed by atoms with E-state index >= 15 is 0 Å². The Morgan fingerprint density at radius 1 is 0.469 bits per heavy atom. The highest BCUT2D eigenvalue weighted by Gasteiger charge is 2.13. The summed E-state index contributed by atoms with van der Waals surface area (Å²) >= 11 is 0. The van der Waals surface area contributed by atoms with Crippen molar-refractivity contribution < 1.29 is 19.4 Å². The van der Waals surface area contributed by atoms with Crippen molar-refractivity contribution in [3.05, 3.63) is 12.2 Å². The molecule has 0 aromatic rings. The molecule has 0 aliphatic rings. The molecule has 1 N–H and O–H groups in total. The lowest BCUT2D eigenvalue weighted by atomic mass is 10.0. The van der Waals surface area contributed by atoms with E-state index in [2.05, 4.69) is 26.0 Å². The van der Waals surface area contributed by atoms with Crippen molar-refractivity contribution in [3.63, 3.8) is 0 Å². The molecule has 1 atom stereocenters. The van der Waals surface area contributed by atoms with Crippen LogP contribution < -0.4 is 0 Å². The maximum atomic E-state index is 12.2. The van der Waals surface area contributed by atoms with Gasteiger partial charge in [-0.25, -0.2) is 0 Å². The van der Waals surface area contributed by atoms with Crippen molar-refractivity contribution in [3.8, 4) is 0 Å². The molecule has 0 aromatic heterocycles. The monoisotopic (exact) mass is 693 g/mol. The molecule has 0 aromatic carbocycles. The fourth-order valence-corrected chi connectivity index (χ4v) is 6.74. The molecule has 0 bridgehead atoms. The Kier molecular flexibility index (Phi) is 42.5. The first-order valence-corrected chi connectivity index (χ1v) is 22.3. The highest BCUT2D eigenvalue weighted by atomic mass is 16.6. The Balaban J connectivity index is 3.37. The van der Waals surface area contributed by atoms with Gasteiger partial charge in [-0.1, -0.05) is 212 Å². The molecular weight excluding hydrogens is 604 g/mol. The predicted octanol–water partition coefficient (Wildman–Crippen LogP) is 14.5. The van der Waals surface area contributed by atoms with Crippen molar-refractivity contribution in [2.24, 2.45) is 0 Å². The molecule has 0 aliphatic carbocycles. The van der Waals surface area contributed by atoms with Crippen LogP contribution in [0.5, 0.6) is 0 Å². The Hall–Kier alpha value is -0.870. The number of carbonyl (C=O) groups excluding carboxylic acids is 1. The summed E-state index contributed by atoms with van der Waals surface area (Å²) in [5.41, 5.74) is 0. The number of esters is 1. The normalized spacial score (nSPS) is 12.3. The number of hydrogen-bond acceptors (Lipinski definition) is 4. The van der Waals surface area contributed by atoms with Crippen molar-refractivity contribution in [1.29, 1.82) is 0 Å². The van der Waals surface area contributed by atoms with Gasteiger partial charge in [0.15, 0.2) is 0 Å². The average molecular weight is 693 g/mol. The molecular formula is C45H88O4. The first-order chi connectivity index (χ1) is 24.2. The summed E-state index contributed by atoms with van der Waals surface area (Å²) < 4.78 is 11.2. The number of allylic oxidation sites excluding steroid dienone is 2. The topological polar surface area (TPSA) is 55.8 Å². The third-order valence-electron chi connectivity index (χ3n) is 10.1. The molecule has 0 heterocycles. The van der Waals surface area contributed by atoms with Crippen molar-refractivity contribution >= 4 is 5.97 Å². The van der Waals surface area contributed by atoms with Gasteiger partial charge in [-0.3, -0.25) is 4.79 Å². The van der Waals surface area contributed by atoms with Gasteiger partial charge in [0.05, 0.1) is 13.2 Å². The minimum atomic E-state index is -0.528. The number of hydrogen-bond donors (Lipinski definition) is 1. The molecule has 1 unspecified atom stereocenters. The summed E-state index contributed by atoms with van der Waals surface area (Å²) in [5, 5.41) is 9.61. The third-order valence-corrected chi connectivity index (χ3v) is 10.1. The van der Waals surface area contributed by atoms with E-state index in [9.17, 15) is 9.90 Å². The van der Waals surface area contributed by atoms with E-state index in [0.29, 0.717) is 19.6 Å². The molecule has 0 saturated carbocycles. The first-order valence-electron chi connectivity index (χ1n) is 22.3. The van der Waals surface area contributed by atoms with E-state index in [4.69, 9.17) is 9.47 Å². The second-order valence-corrected chi connectivity index (χ2v) is 15.1. The zero-order valence-corrected chi connectivity index (χ0v) is 33.5. The summed E-state index contributed by atoms with van der Waals surface area (Å²) in [7, 11) is 0. The molecule has 0 saturated heterocycles. The molecule has 0 fully saturated rings. The van der Waals surface area contributed by atoms with Gasteiger partial charge in [0.1, 0.15) is 6.10 Å². The highest BCUT2D eigenvalue weighted by Crippen LogP contribution is 2.15. The predicted molar refractivity (Wildman–Crippen MR) is 214 cm³/mol. The summed E-state index contributed by atoms with van der Waals surface area (Å²) in [6, 6.07) is 0. The molecule has 4 heteroatoms. The van der Waals surface area contributed by atoms with Crippen LogP contribution in [0.2, 0.25) is 0 Å². The van der Waals surface area contributed by atoms with E-state index < -0.39 is 6.10 Å². The van der Waals surface area contributed by atoms with Gasteiger partial charge in [-0.15, -0.1) is 0 Å². The number of aliphatic hydroxyl groups excluding tert-OH is 1. The Morgan fingerprint density at radius 2 is 0.796 bits per heavy atom. The van der Waals surface area contributed by atoms with Crippen LogP contribution in [0.1, 0.15) is 245 Å². The second kappa shape index (κ2) is 43.3. The largest absolute Gasteiger partial charge is 0.457 e. The molecule has 0 aliphatic heterocycles. The Labute approximate surface area is 307 Å². The van der Waals surface area contributed by atoms with Gasteiger partial charge >= 0.3 is 5.97 Å². The maximum absolute atomic E-state index is 12.2. The van der Waals surface area contributed by atoms with Crippen LogP contribution in [0.4, 0.5) is 0 Å². The van der Waals surface area contributed by atoms with Crippen LogP contribution in [0.25, 0.3) is 0 Å². The highest BCUT2D eigenvalue weighted by molar-refractivity contribution is 5.69. The summed E-state index contributed by atoms with van der Waals surface area (Å²) in [6.07, 6.45) is 51.3. The van der Waals surface area contributed by atoms with Crippen LogP contribution in [0.3, 0.4) is 0 Å². The third kappa shape index (κ3) is 41.4. The number of ether oxygens (including phenoxy) is 2. The Morgan fingerprint density at radius 3 is 1.16 bits per heavy atom. The minimum absolute atomic E-state index is 0.166. The van der Waals surface area contributed by atoms with Crippen molar-refractivity contribution in [2.75, 3.05) is 19.8 Å². The van der Waals surface area contributed by atoms with Crippen LogP contribution in [-0.4, -0.2) is 37.0 Å². The molecule has 0 radical (unpaired) electrons. The molecule has 0 spiro atoms. The molecule has 0 amide bonds. The zero-order valence-electron chi connectivity index (χ0n) is 33.5. The van der Waals surface area contributed by atoms with Gasteiger partial charge < -0.3 is 14.6 Å². The van der Waals surface area contributed by atoms with Gasteiger partial charge in [0.25, 0.3) is 0 Å². The number of aliphatic hydroxyl groups is 1. The molecule has 0 rings (SSSR count). The van der Waals surface area contributed by atoms with Crippen LogP contribution in [0, 0.1) is 0 Å². The lowest BCUT2D eigenvalue weighted by molar-refractivity contribution is -0.154. The van der Waals surface area contributed by atoms with E-state index in [-0.39, 0.29) is 12.6 Å². The van der Waals surface area contributed by atoms with E-state index in [0.717, 1.165) is 19.3 Å². The first kappa shape index (κ1) is 48.1. The average Bonchev–Trinajstić information content (AvgIpc) is 3.11. The summed E-state index contributed by atoms with van der Waals surface area (Å²) in [4.78, 5) is 12.2. The SMILES string of the molecule is CCCCCCCC/C=C\CCCCCCCCCCCCOCC(CO)OC(=O)CCCCCCCCCCCCCCCCCCC. The second-order valence-electron chi connectivity index (χ2n) is 15.1. The maximum Gasteiger partial charge on any atom is 0.306 e. The lowest BCUT2D eigenvalue weighted by Gasteiger charge is -2.16. The fraction of sp³-hybridized carbons (Fsp3) is 0.933. The quantitative estimate of drug-likeness (QED) is 0.0393. The smallest absolute Gasteiger partial charge is 0.306 e. The van der Waals surface area contributed by atoms with Crippen LogP contribution in [-0.2, 0) is 14.3 Å². The Bertz CT molecular complexity index is 648. The molecule has 4 nitrogen and oxygen atoms in total. The number of carbonyl (C=O) groups is 1. The van der Waals surface area contributed by atoms with E-state index in [1.807, 2.05) is 0 Å². The summed E-state index contributed by atoms with van der Waals surface area (Å²) in [6.45, 7) is 5.38. The minimum Gasteiger partial charge on any atom is -0.457 e. The van der Waals surface area contributed by atoms with Gasteiger partial charge in [-0.05, 0) is 38.5 Å². The molecule has 292 valence electrons. The zero-order chi connectivity index (χ0) is 35.6. The standard InChI is InChI=1S/C45H88O4/c1-3-5-7-9-11-13-15-17-19-21-22-23-25-27-29-31-33-35-37-39-41-48-43-44(42-46)49-45(47)40-38-36-34-32-30-28-26-24-20-18-16-14-12-10-8-6-4-2/h17,19,44,46H,3-16,18,20-43H2,1-2H3/b19-17-. The number of rotatable bonds is 42. The van der Waals surface area contributed by atoms with Crippen molar-refractivity contribution in [1.82, 2.24) is 0 Å². The van der Waals surface area contributed by atoms with E-state index in [1.54, 1.807) is 0 Å². The molecule has 49 heavy (non-hydrogen) atoms. The summed E-state index contributed by atoms with van der Waals surface area (Å²) in [5.74, 6) is -0.195.